The molecule has 1 aromatic rings. The molecule has 0 radical (unpaired) electrons. The molecule has 17 heavy (non-hydrogen) atoms. The van der Waals surface area contributed by atoms with Gasteiger partial charge in [0, 0.05) is 13.1 Å². The molecule has 0 saturated carbocycles. The zero-order valence-electron chi connectivity index (χ0n) is 9.94. The third kappa shape index (κ3) is 2.86. The van der Waals surface area contributed by atoms with E-state index in [1.807, 2.05) is 11.8 Å². The number of nitrogens with two attached hydrogens (primary N) is 1. The Balaban J connectivity index is 1.90. The van der Waals surface area contributed by atoms with Crippen molar-refractivity contribution in [3.05, 3.63) is 0 Å². The minimum absolute atomic E-state index is 0.0908. The van der Waals surface area contributed by atoms with E-state index in [-0.39, 0.29) is 17.9 Å². The van der Waals surface area contributed by atoms with Crippen LogP contribution in [0.2, 0.25) is 0 Å². The van der Waals surface area contributed by atoms with Gasteiger partial charge in [0.05, 0.1) is 0 Å². The third-order valence-corrected chi connectivity index (χ3v) is 2.89. The van der Waals surface area contributed by atoms with Crippen molar-refractivity contribution < 1.29 is 4.79 Å². The molecule has 0 spiro atoms. The molecule has 1 amide bonds. The van der Waals surface area contributed by atoms with Crippen molar-refractivity contribution in [3.8, 4) is 0 Å². The SMILES string of the molecule is CC(Nc1n[nH]c(N)n1)C(=O)N1CCCCC1. The van der Waals surface area contributed by atoms with Gasteiger partial charge in [-0.2, -0.15) is 4.98 Å². The smallest absolute Gasteiger partial charge is 0.244 e. The number of anilines is 2. The Bertz CT molecular complexity index is 384. The molecule has 4 N–H and O–H groups in total. The van der Waals surface area contributed by atoms with Gasteiger partial charge in [-0.05, 0) is 26.2 Å². The van der Waals surface area contributed by atoms with E-state index in [0.717, 1.165) is 25.9 Å². The van der Waals surface area contributed by atoms with Gasteiger partial charge in [-0.25, -0.2) is 5.10 Å². The van der Waals surface area contributed by atoms with Gasteiger partial charge in [-0.15, -0.1) is 5.10 Å². The number of amides is 1. The van der Waals surface area contributed by atoms with Gasteiger partial charge in [0.15, 0.2) is 0 Å². The van der Waals surface area contributed by atoms with Crippen LogP contribution < -0.4 is 11.1 Å². The maximum atomic E-state index is 12.1. The second kappa shape index (κ2) is 5.03. The Morgan fingerprint density at radius 2 is 2.18 bits per heavy atom. The van der Waals surface area contributed by atoms with Crippen LogP contribution in [0.25, 0.3) is 0 Å². The monoisotopic (exact) mass is 238 g/mol. The lowest BCUT2D eigenvalue weighted by atomic mass is 10.1. The van der Waals surface area contributed by atoms with Crippen LogP contribution in [0.4, 0.5) is 11.9 Å². The predicted molar refractivity (Wildman–Crippen MR) is 64.3 cm³/mol. The lowest BCUT2D eigenvalue weighted by Crippen LogP contribution is -2.44. The summed E-state index contributed by atoms with van der Waals surface area (Å²) < 4.78 is 0. The fourth-order valence-electron chi connectivity index (χ4n) is 1.98. The fourth-order valence-corrected chi connectivity index (χ4v) is 1.98. The number of piperidine rings is 1. The largest absolute Gasteiger partial charge is 0.368 e. The predicted octanol–water partition coefficient (Wildman–Crippen LogP) is 0.200. The summed E-state index contributed by atoms with van der Waals surface area (Å²) in [6.07, 6.45) is 3.39. The quantitative estimate of drug-likeness (QED) is 0.698. The molecule has 1 aliphatic rings. The molecular formula is C10H18N6O. The highest BCUT2D eigenvalue weighted by Crippen LogP contribution is 2.11. The Hall–Kier alpha value is -1.79. The highest BCUT2D eigenvalue weighted by Gasteiger charge is 2.22. The first-order valence-electron chi connectivity index (χ1n) is 5.90. The van der Waals surface area contributed by atoms with Gasteiger partial charge >= 0.3 is 0 Å². The number of likely N-dealkylation sites (tertiary alicyclic amines) is 1. The Kier molecular flexibility index (Phi) is 3.46. The lowest BCUT2D eigenvalue weighted by molar-refractivity contribution is -0.132. The minimum atomic E-state index is -0.330. The average molecular weight is 238 g/mol. The van der Waals surface area contributed by atoms with E-state index in [2.05, 4.69) is 20.5 Å². The van der Waals surface area contributed by atoms with Gasteiger partial charge in [-0.1, -0.05) is 0 Å². The summed E-state index contributed by atoms with van der Waals surface area (Å²) in [5.41, 5.74) is 5.41. The van der Waals surface area contributed by atoms with Crippen LogP contribution >= 0.6 is 0 Å². The second-order valence-corrected chi connectivity index (χ2v) is 4.30. The first-order chi connectivity index (χ1) is 8.16. The topological polar surface area (TPSA) is 99.9 Å². The summed E-state index contributed by atoms with van der Waals surface area (Å²) in [6.45, 7) is 3.51. The number of carbonyl (C=O) groups excluding carboxylic acids is 1. The minimum Gasteiger partial charge on any atom is -0.368 e. The summed E-state index contributed by atoms with van der Waals surface area (Å²) >= 11 is 0. The van der Waals surface area contributed by atoms with Crippen molar-refractivity contribution in [2.75, 3.05) is 24.1 Å². The van der Waals surface area contributed by atoms with Crippen LogP contribution in [0.5, 0.6) is 0 Å². The molecule has 1 unspecified atom stereocenters. The zero-order valence-corrected chi connectivity index (χ0v) is 9.94. The molecule has 1 saturated heterocycles. The highest BCUT2D eigenvalue weighted by molar-refractivity contribution is 5.83. The van der Waals surface area contributed by atoms with Gasteiger partial charge in [-0.3, -0.25) is 4.79 Å². The normalized spacial score (nSPS) is 17.8. The molecule has 2 rings (SSSR count). The lowest BCUT2D eigenvalue weighted by Gasteiger charge is -2.29. The van der Waals surface area contributed by atoms with E-state index in [9.17, 15) is 4.79 Å². The van der Waals surface area contributed by atoms with Crippen LogP contribution in [0.3, 0.4) is 0 Å². The molecular weight excluding hydrogens is 220 g/mol. The summed E-state index contributed by atoms with van der Waals surface area (Å²) in [6, 6.07) is -0.330. The Labute approximate surface area is 99.8 Å². The van der Waals surface area contributed by atoms with Crippen LogP contribution in [-0.4, -0.2) is 45.1 Å². The van der Waals surface area contributed by atoms with Crippen molar-refractivity contribution in [2.24, 2.45) is 0 Å². The number of hydrogen-bond acceptors (Lipinski definition) is 5. The van der Waals surface area contributed by atoms with E-state index in [0.29, 0.717) is 5.95 Å². The molecule has 7 nitrogen and oxygen atoms in total. The van der Waals surface area contributed by atoms with Crippen molar-refractivity contribution in [1.82, 2.24) is 20.1 Å². The fraction of sp³-hybridized carbons (Fsp3) is 0.700. The molecule has 7 heteroatoms. The van der Waals surface area contributed by atoms with Crippen molar-refractivity contribution in [3.63, 3.8) is 0 Å². The molecule has 1 aliphatic heterocycles. The van der Waals surface area contributed by atoms with Crippen LogP contribution in [-0.2, 0) is 4.79 Å². The standard InChI is InChI=1S/C10H18N6O/c1-7(12-10-13-9(11)14-15-10)8(17)16-5-3-2-4-6-16/h7H,2-6H2,1H3,(H4,11,12,13,14,15). The van der Waals surface area contributed by atoms with E-state index < -0.39 is 0 Å². The van der Waals surface area contributed by atoms with Crippen molar-refractivity contribution in [1.29, 1.82) is 0 Å². The van der Waals surface area contributed by atoms with E-state index in [1.165, 1.54) is 6.42 Å². The van der Waals surface area contributed by atoms with Crippen molar-refractivity contribution >= 4 is 17.8 Å². The van der Waals surface area contributed by atoms with Crippen LogP contribution in [0.1, 0.15) is 26.2 Å². The van der Waals surface area contributed by atoms with E-state index in [4.69, 9.17) is 5.73 Å². The Morgan fingerprint density at radius 3 is 2.76 bits per heavy atom. The van der Waals surface area contributed by atoms with Crippen LogP contribution in [0, 0.1) is 0 Å². The molecule has 2 heterocycles. The third-order valence-electron chi connectivity index (χ3n) is 2.89. The summed E-state index contributed by atoms with van der Waals surface area (Å²) in [5.74, 6) is 0.693. The second-order valence-electron chi connectivity index (χ2n) is 4.30. The van der Waals surface area contributed by atoms with Crippen molar-refractivity contribution in [2.45, 2.75) is 32.2 Å². The number of H-pyrrole nitrogens is 1. The van der Waals surface area contributed by atoms with Gasteiger partial charge in [0.1, 0.15) is 6.04 Å². The maximum absolute atomic E-state index is 12.1. The number of hydrogen-bond donors (Lipinski definition) is 3. The number of nitrogens with zero attached hydrogens (tertiary/aromatic N) is 3. The zero-order chi connectivity index (χ0) is 12.3. The number of nitrogen functional groups attached to an aromatic ring is 1. The Morgan fingerprint density at radius 1 is 1.47 bits per heavy atom. The van der Waals surface area contributed by atoms with E-state index >= 15 is 0 Å². The summed E-state index contributed by atoms with van der Waals surface area (Å²) in [7, 11) is 0. The van der Waals surface area contributed by atoms with Gasteiger partial charge < -0.3 is 16.0 Å². The van der Waals surface area contributed by atoms with E-state index in [1.54, 1.807) is 0 Å². The maximum Gasteiger partial charge on any atom is 0.244 e. The highest BCUT2D eigenvalue weighted by atomic mass is 16.2. The molecule has 0 aliphatic carbocycles. The molecule has 0 bridgehead atoms. The molecule has 1 aromatic heterocycles. The molecule has 0 aromatic carbocycles. The first kappa shape index (κ1) is 11.7. The average Bonchev–Trinajstić information content (AvgIpc) is 2.75. The number of aromatic nitrogens is 3. The summed E-state index contributed by atoms with van der Waals surface area (Å²) in [4.78, 5) is 17.9. The number of carbonyl (C=O) groups is 1. The number of aromatic amines is 1. The number of nitrogens with one attached hydrogen (secondary N) is 2. The summed E-state index contributed by atoms with van der Waals surface area (Å²) in [5, 5.41) is 9.30. The van der Waals surface area contributed by atoms with Gasteiger partial charge in [0.2, 0.25) is 17.8 Å². The molecule has 1 fully saturated rings. The van der Waals surface area contributed by atoms with Gasteiger partial charge in [0.25, 0.3) is 0 Å². The molecule has 94 valence electrons. The number of rotatable bonds is 3. The first-order valence-corrected chi connectivity index (χ1v) is 5.90. The molecule has 1 atom stereocenters. The van der Waals surface area contributed by atoms with Crippen LogP contribution in [0.15, 0.2) is 0 Å².